The van der Waals surface area contributed by atoms with Crippen LogP contribution in [-0.4, -0.2) is 37.0 Å². The van der Waals surface area contributed by atoms with Gasteiger partial charge in [0.05, 0.1) is 0 Å². The van der Waals surface area contributed by atoms with Crippen LogP contribution in [0.5, 0.6) is 0 Å². The first-order valence-corrected chi connectivity index (χ1v) is 4.13. The van der Waals surface area contributed by atoms with E-state index in [2.05, 4.69) is 5.32 Å². The molecule has 5 heteroatoms. The average molecular weight is 187 g/mol. The van der Waals surface area contributed by atoms with Crippen molar-refractivity contribution in [2.45, 2.75) is 19.9 Å². The van der Waals surface area contributed by atoms with Gasteiger partial charge in [-0.2, -0.15) is 0 Å². The van der Waals surface area contributed by atoms with Crippen molar-refractivity contribution in [3.8, 4) is 0 Å². The molecule has 0 aliphatic rings. The summed E-state index contributed by atoms with van der Waals surface area (Å²) in [6.07, 6.45) is 0. The van der Waals surface area contributed by atoms with Crippen LogP contribution in [0, 0.1) is 5.92 Å². The van der Waals surface area contributed by atoms with Crippen molar-refractivity contribution < 1.29 is 9.59 Å². The van der Waals surface area contributed by atoms with Crippen molar-refractivity contribution >= 4 is 11.9 Å². The maximum Gasteiger partial charge on any atom is 0.312 e. The van der Waals surface area contributed by atoms with E-state index in [1.807, 2.05) is 13.8 Å². The Balaban J connectivity index is 4.42. The molecule has 0 bridgehead atoms. The van der Waals surface area contributed by atoms with Gasteiger partial charge in [-0.1, -0.05) is 13.8 Å². The molecule has 13 heavy (non-hydrogen) atoms. The van der Waals surface area contributed by atoms with E-state index in [1.54, 1.807) is 14.1 Å². The normalized spacial score (nSPS) is 12.4. The molecule has 5 nitrogen and oxygen atoms in total. The highest BCUT2D eigenvalue weighted by Gasteiger charge is 2.24. The monoisotopic (exact) mass is 187 g/mol. The number of urea groups is 1. The highest BCUT2D eigenvalue weighted by Crippen LogP contribution is 2.03. The quantitative estimate of drug-likeness (QED) is 0.640. The largest absolute Gasteiger partial charge is 0.352 e. The predicted molar refractivity (Wildman–Crippen MR) is 50.0 cm³/mol. The molecular formula is C8H17N3O2. The van der Waals surface area contributed by atoms with E-state index in [9.17, 15) is 9.59 Å². The highest BCUT2D eigenvalue weighted by molar-refractivity contribution is 5.86. The number of nitrogens with two attached hydrogens (primary N) is 1. The molecule has 1 unspecified atom stereocenters. The third-order valence-electron chi connectivity index (χ3n) is 1.67. The van der Waals surface area contributed by atoms with Crippen molar-refractivity contribution in [3.63, 3.8) is 0 Å². The number of rotatable bonds is 3. The van der Waals surface area contributed by atoms with Gasteiger partial charge in [0.1, 0.15) is 6.04 Å². The lowest BCUT2D eigenvalue weighted by Gasteiger charge is -2.23. The zero-order valence-corrected chi connectivity index (χ0v) is 8.50. The molecule has 0 aromatic heterocycles. The standard InChI is InChI=1S/C8H17N3O2/c1-5(2)6(10-8(9)13)7(12)11(3)4/h5-6H,1-4H3,(H3,9,10,13). The average Bonchev–Trinajstić information content (AvgIpc) is 1.97. The first kappa shape index (κ1) is 11.7. The Kier molecular flexibility index (Phi) is 4.23. The zero-order chi connectivity index (χ0) is 10.6. The van der Waals surface area contributed by atoms with Crippen LogP contribution in [0.2, 0.25) is 0 Å². The molecule has 0 aliphatic carbocycles. The van der Waals surface area contributed by atoms with E-state index < -0.39 is 12.1 Å². The van der Waals surface area contributed by atoms with Gasteiger partial charge in [0.2, 0.25) is 5.91 Å². The number of nitrogens with zero attached hydrogens (tertiary/aromatic N) is 1. The molecule has 0 heterocycles. The molecule has 0 aromatic rings. The van der Waals surface area contributed by atoms with E-state index in [-0.39, 0.29) is 11.8 Å². The smallest absolute Gasteiger partial charge is 0.312 e. The van der Waals surface area contributed by atoms with Gasteiger partial charge in [-0.25, -0.2) is 4.79 Å². The molecule has 0 rings (SSSR count). The van der Waals surface area contributed by atoms with Gasteiger partial charge in [-0.3, -0.25) is 4.79 Å². The molecule has 3 amide bonds. The van der Waals surface area contributed by atoms with Crippen LogP contribution in [0.1, 0.15) is 13.8 Å². The molecule has 0 spiro atoms. The number of likely N-dealkylation sites (N-methyl/N-ethyl adjacent to an activating group) is 1. The van der Waals surface area contributed by atoms with Crippen LogP contribution in [0.25, 0.3) is 0 Å². The maximum atomic E-state index is 11.5. The predicted octanol–water partition coefficient (Wildman–Crippen LogP) is -0.232. The topological polar surface area (TPSA) is 75.4 Å². The van der Waals surface area contributed by atoms with E-state index in [0.29, 0.717) is 0 Å². The van der Waals surface area contributed by atoms with Crippen LogP contribution in [0.15, 0.2) is 0 Å². The molecule has 0 aliphatic heterocycles. The minimum atomic E-state index is -0.672. The molecule has 76 valence electrons. The third-order valence-corrected chi connectivity index (χ3v) is 1.67. The Morgan fingerprint density at radius 2 is 1.77 bits per heavy atom. The van der Waals surface area contributed by atoms with Gasteiger partial charge in [0.25, 0.3) is 0 Å². The lowest BCUT2D eigenvalue weighted by atomic mass is 10.0. The number of primary amides is 1. The Bertz CT molecular complexity index is 202. The van der Waals surface area contributed by atoms with Crippen molar-refractivity contribution in [3.05, 3.63) is 0 Å². The minimum absolute atomic E-state index is 0.0300. The van der Waals surface area contributed by atoms with Crippen molar-refractivity contribution in [2.24, 2.45) is 11.7 Å². The molecule has 0 saturated carbocycles. The fourth-order valence-corrected chi connectivity index (χ4v) is 0.945. The summed E-state index contributed by atoms with van der Waals surface area (Å²) in [7, 11) is 3.28. The minimum Gasteiger partial charge on any atom is -0.352 e. The molecule has 0 fully saturated rings. The fraction of sp³-hybridized carbons (Fsp3) is 0.750. The van der Waals surface area contributed by atoms with Crippen LogP contribution in [0.4, 0.5) is 4.79 Å². The summed E-state index contributed by atoms with van der Waals surface area (Å²) in [4.78, 5) is 23.5. The second kappa shape index (κ2) is 4.69. The van der Waals surface area contributed by atoms with Gasteiger partial charge in [-0.05, 0) is 5.92 Å². The molecule has 0 aromatic carbocycles. The van der Waals surface area contributed by atoms with E-state index >= 15 is 0 Å². The number of amides is 3. The molecule has 0 saturated heterocycles. The summed E-state index contributed by atoms with van der Waals surface area (Å²) in [6.45, 7) is 3.70. The molecule has 3 N–H and O–H groups in total. The van der Waals surface area contributed by atoms with Crippen LogP contribution in [0.3, 0.4) is 0 Å². The van der Waals surface area contributed by atoms with Crippen LogP contribution < -0.4 is 11.1 Å². The van der Waals surface area contributed by atoms with E-state index in [1.165, 1.54) is 4.90 Å². The van der Waals surface area contributed by atoms with E-state index in [4.69, 9.17) is 5.73 Å². The highest BCUT2D eigenvalue weighted by atomic mass is 16.2. The summed E-state index contributed by atoms with van der Waals surface area (Å²) in [5.74, 6) is -0.115. The number of hydrogen-bond donors (Lipinski definition) is 2. The second-order valence-corrected chi connectivity index (χ2v) is 3.46. The Morgan fingerprint density at radius 1 is 1.31 bits per heavy atom. The number of carbonyl (C=O) groups is 2. The van der Waals surface area contributed by atoms with Crippen molar-refractivity contribution in [1.29, 1.82) is 0 Å². The van der Waals surface area contributed by atoms with Crippen molar-refractivity contribution in [1.82, 2.24) is 10.2 Å². The van der Waals surface area contributed by atoms with E-state index in [0.717, 1.165) is 0 Å². The summed E-state index contributed by atoms with van der Waals surface area (Å²) in [6, 6.07) is -1.21. The summed E-state index contributed by atoms with van der Waals surface area (Å²) < 4.78 is 0. The summed E-state index contributed by atoms with van der Waals surface area (Å²) in [5, 5.41) is 2.41. The SMILES string of the molecule is CC(C)C(NC(N)=O)C(=O)N(C)C. The zero-order valence-electron chi connectivity index (χ0n) is 8.50. The number of nitrogens with one attached hydrogen (secondary N) is 1. The van der Waals surface area contributed by atoms with Crippen molar-refractivity contribution in [2.75, 3.05) is 14.1 Å². The second-order valence-electron chi connectivity index (χ2n) is 3.46. The first-order valence-electron chi connectivity index (χ1n) is 4.13. The fourth-order valence-electron chi connectivity index (χ4n) is 0.945. The molecule has 1 atom stereocenters. The Labute approximate surface area is 78.3 Å². The van der Waals surface area contributed by atoms with Crippen LogP contribution in [-0.2, 0) is 4.79 Å². The Hall–Kier alpha value is -1.26. The van der Waals surface area contributed by atoms with Gasteiger partial charge >= 0.3 is 6.03 Å². The summed E-state index contributed by atoms with van der Waals surface area (Å²) >= 11 is 0. The number of hydrogen-bond acceptors (Lipinski definition) is 2. The maximum absolute atomic E-state index is 11.5. The Morgan fingerprint density at radius 3 is 2.00 bits per heavy atom. The van der Waals surface area contributed by atoms with Gasteiger partial charge in [0, 0.05) is 14.1 Å². The van der Waals surface area contributed by atoms with Crippen LogP contribution >= 0.6 is 0 Å². The lowest BCUT2D eigenvalue weighted by Crippen LogP contribution is -2.50. The van der Waals surface area contributed by atoms with Gasteiger partial charge in [0.15, 0.2) is 0 Å². The van der Waals surface area contributed by atoms with Gasteiger partial charge < -0.3 is 16.0 Å². The molecular weight excluding hydrogens is 170 g/mol. The molecule has 0 radical (unpaired) electrons. The lowest BCUT2D eigenvalue weighted by molar-refractivity contribution is -0.131. The summed E-state index contributed by atoms with van der Waals surface area (Å²) in [5.41, 5.74) is 4.95. The third kappa shape index (κ3) is 3.78. The number of carbonyl (C=O) groups excluding carboxylic acids is 2. The first-order chi connectivity index (χ1) is 5.86. The van der Waals surface area contributed by atoms with Gasteiger partial charge in [-0.15, -0.1) is 0 Å².